The average molecular weight is 352 g/mol. The summed E-state index contributed by atoms with van der Waals surface area (Å²) in [6.45, 7) is -1.17. The number of aliphatic carboxylic acids is 1. The van der Waals surface area contributed by atoms with Gasteiger partial charge in [0, 0.05) is 19.3 Å². The van der Waals surface area contributed by atoms with Crippen molar-refractivity contribution in [3.63, 3.8) is 0 Å². The minimum atomic E-state index is -4.67. The summed E-state index contributed by atoms with van der Waals surface area (Å²) in [5.41, 5.74) is 0.476. The third-order valence-electron chi connectivity index (χ3n) is 3.55. The number of nitrogens with one attached hydrogen (secondary N) is 1. The molecule has 1 aliphatic heterocycles. The molecule has 0 aromatic carbocycles. The Morgan fingerprint density at radius 2 is 2.09 bits per heavy atom. The van der Waals surface area contributed by atoms with Crippen molar-refractivity contribution < 1.29 is 27.9 Å². The van der Waals surface area contributed by atoms with Crippen LogP contribution in [-0.4, -0.2) is 46.3 Å². The van der Waals surface area contributed by atoms with E-state index in [1.165, 1.54) is 6.20 Å². The van der Waals surface area contributed by atoms with E-state index in [9.17, 15) is 22.8 Å². The number of carboxylic acid groups (broad SMARTS) is 1. The molecule has 2 heterocycles. The number of likely N-dealkylation sites (tertiary alicyclic amines) is 1. The van der Waals surface area contributed by atoms with Crippen LogP contribution in [0.2, 0.25) is 5.02 Å². The summed E-state index contributed by atoms with van der Waals surface area (Å²) < 4.78 is 38.6. The molecule has 0 spiro atoms. The average Bonchev–Trinajstić information content (AvgIpc) is 2.92. The van der Waals surface area contributed by atoms with E-state index in [4.69, 9.17) is 16.7 Å². The SMILES string of the molecule is O=C(O)[C@@H]1CN(C(=O)NCc2ccc(Cl)cn2)C[C@H]1C(F)(F)F. The highest BCUT2D eigenvalue weighted by Gasteiger charge is 2.53. The van der Waals surface area contributed by atoms with Crippen LogP contribution in [0, 0.1) is 11.8 Å². The molecular formula is C13H13ClF3N3O3. The number of pyridine rings is 1. The van der Waals surface area contributed by atoms with Gasteiger partial charge < -0.3 is 15.3 Å². The van der Waals surface area contributed by atoms with Crippen LogP contribution in [0.4, 0.5) is 18.0 Å². The summed E-state index contributed by atoms with van der Waals surface area (Å²) in [5, 5.41) is 11.7. The molecule has 2 amide bonds. The minimum Gasteiger partial charge on any atom is -0.481 e. The minimum absolute atomic E-state index is 0.000918. The van der Waals surface area contributed by atoms with Crippen molar-refractivity contribution >= 4 is 23.6 Å². The van der Waals surface area contributed by atoms with Crippen LogP contribution in [-0.2, 0) is 11.3 Å². The third kappa shape index (κ3) is 4.25. The van der Waals surface area contributed by atoms with Gasteiger partial charge in [0.05, 0.1) is 29.1 Å². The Morgan fingerprint density at radius 1 is 1.39 bits per heavy atom. The third-order valence-corrected chi connectivity index (χ3v) is 3.78. The zero-order valence-corrected chi connectivity index (χ0v) is 12.4. The number of carboxylic acids is 1. The largest absolute Gasteiger partial charge is 0.481 e. The first-order valence-corrected chi connectivity index (χ1v) is 6.99. The maximum Gasteiger partial charge on any atom is 0.394 e. The zero-order chi connectivity index (χ0) is 17.2. The van der Waals surface area contributed by atoms with Gasteiger partial charge in [-0.2, -0.15) is 13.2 Å². The van der Waals surface area contributed by atoms with Gasteiger partial charge >= 0.3 is 18.2 Å². The van der Waals surface area contributed by atoms with Crippen LogP contribution >= 0.6 is 11.6 Å². The van der Waals surface area contributed by atoms with Gasteiger partial charge in [0.2, 0.25) is 0 Å². The number of halogens is 4. The van der Waals surface area contributed by atoms with Gasteiger partial charge in [-0.1, -0.05) is 11.6 Å². The van der Waals surface area contributed by atoms with Crippen LogP contribution in [0.5, 0.6) is 0 Å². The highest BCUT2D eigenvalue weighted by atomic mass is 35.5. The maximum atomic E-state index is 12.9. The first-order chi connectivity index (χ1) is 10.7. The lowest BCUT2D eigenvalue weighted by Crippen LogP contribution is -2.39. The lowest BCUT2D eigenvalue weighted by molar-refractivity contribution is -0.187. The van der Waals surface area contributed by atoms with Gasteiger partial charge in [-0.05, 0) is 12.1 Å². The molecule has 1 aromatic rings. The second kappa shape index (κ2) is 6.61. The molecule has 1 aromatic heterocycles. The number of aromatic nitrogens is 1. The Labute approximate surface area is 134 Å². The van der Waals surface area contributed by atoms with Gasteiger partial charge in [-0.15, -0.1) is 0 Å². The van der Waals surface area contributed by atoms with Crippen LogP contribution in [0.1, 0.15) is 5.69 Å². The number of carbonyl (C=O) groups excluding carboxylic acids is 1. The van der Waals surface area contributed by atoms with Gasteiger partial charge in [-0.3, -0.25) is 9.78 Å². The quantitative estimate of drug-likeness (QED) is 0.874. The first-order valence-electron chi connectivity index (χ1n) is 6.61. The Morgan fingerprint density at radius 3 is 2.57 bits per heavy atom. The number of alkyl halides is 3. The van der Waals surface area contributed by atoms with Gasteiger partial charge in [-0.25, -0.2) is 4.79 Å². The van der Waals surface area contributed by atoms with E-state index in [-0.39, 0.29) is 6.54 Å². The predicted octanol–water partition coefficient (Wildman–Crippen LogP) is 2.14. The summed E-state index contributed by atoms with van der Waals surface area (Å²) in [6.07, 6.45) is -3.30. The van der Waals surface area contributed by atoms with Crippen LogP contribution in [0.3, 0.4) is 0 Å². The molecule has 23 heavy (non-hydrogen) atoms. The van der Waals surface area contributed by atoms with Gasteiger partial charge in [0.15, 0.2) is 0 Å². The van der Waals surface area contributed by atoms with E-state index >= 15 is 0 Å². The molecule has 2 rings (SSSR count). The number of hydrogen-bond acceptors (Lipinski definition) is 3. The molecule has 0 radical (unpaired) electrons. The predicted molar refractivity (Wildman–Crippen MR) is 73.7 cm³/mol. The summed E-state index contributed by atoms with van der Waals surface area (Å²) in [6, 6.07) is 2.36. The van der Waals surface area contributed by atoms with Crippen molar-refractivity contribution in [3.8, 4) is 0 Å². The number of hydrogen-bond donors (Lipinski definition) is 2. The van der Waals surface area contributed by atoms with Crippen molar-refractivity contribution in [3.05, 3.63) is 29.0 Å². The number of rotatable bonds is 3. The molecule has 10 heteroatoms. The number of nitrogens with zero attached hydrogens (tertiary/aromatic N) is 2. The Hall–Kier alpha value is -2.03. The number of urea groups is 1. The first kappa shape index (κ1) is 17.3. The van der Waals surface area contributed by atoms with Gasteiger partial charge in [0.1, 0.15) is 0 Å². The van der Waals surface area contributed by atoms with Crippen LogP contribution in [0.15, 0.2) is 18.3 Å². The molecule has 1 saturated heterocycles. The molecule has 2 N–H and O–H groups in total. The molecule has 0 unspecified atom stereocenters. The topological polar surface area (TPSA) is 82.5 Å². The van der Waals surface area contributed by atoms with E-state index < -0.39 is 43.1 Å². The molecule has 1 aliphatic rings. The van der Waals surface area contributed by atoms with Crippen molar-refractivity contribution in [1.82, 2.24) is 15.2 Å². The van der Waals surface area contributed by atoms with E-state index in [0.29, 0.717) is 10.7 Å². The summed E-state index contributed by atoms with van der Waals surface area (Å²) in [5.74, 6) is -5.30. The van der Waals surface area contributed by atoms with Crippen LogP contribution < -0.4 is 5.32 Å². The Bertz CT molecular complexity index is 594. The van der Waals surface area contributed by atoms with Crippen molar-refractivity contribution in [2.45, 2.75) is 12.7 Å². The number of amides is 2. The highest BCUT2D eigenvalue weighted by molar-refractivity contribution is 6.30. The molecule has 0 bridgehead atoms. The molecule has 126 valence electrons. The second-order valence-corrected chi connectivity index (χ2v) is 5.56. The summed E-state index contributed by atoms with van der Waals surface area (Å²) >= 11 is 5.66. The molecule has 0 saturated carbocycles. The fraction of sp³-hybridized carbons (Fsp3) is 0.462. The number of carbonyl (C=O) groups is 2. The van der Waals surface area contributed by atoms with Crippen molar-refractivity contribution in [2.24, 2.45) is 11.8 Å². The normalized spacial score (nSPS) is 21.3. The molecular weight excluding hydrogens is 339 g/mol. The van der Waals surface area contributed by atoms with Crippen molar-refractivity contribution in [1.29, 1.82) is 0 Å². The molecule has 1 fully saturated rings. The second-order valence-electron chi connectivity index (χ2n) is 5.12. The smallest absolute Gasteiger partial charge is 0.394 e. The Kier molecular flexibility index (Phi) is 4.98. The molecule has 2 atom stereocenters. The fourth-order valence-electron chi connectivity index (χ4n) is 2.34. The summed E-state index contributed by atoms with van der Waals surface area (Å²) in [4.78, 5) is 27.7. The highest BCUT2D eigenvalue weighted by Crippen LogP contribution is 2.37. The van der Waals surface area contributed by atoms with E-state index in [0.717, 1.165) is 4.90 Å². The summed E-state index contributed by atoms with van der Waals surface area (Å²) in [7, 11) is 0. The van der Waals surface area contributed by atoms with E-state index in [2.05, 4.69) is 10.3 Å². The van der Waals surface area contributed by atoms with E-state index in [1.807, 2.05) is 0 Å². The lowest BCUT2D eigenvalue weighted by Gasteiger charge is -2.18. The standard InChI is InChI=1S/C13H13ClF3N3O3/c14-7-1-2-8(18-3-7)4-19-12(23)20-5-9(11(21)22)10(6-20)13(15,16)17/h1-3,9-10H,4-6H2,(H,19,23)(H,21,22)/t9-,10-/m1/s1. The zero-order valence-electron chi connectivity index (χ0n) is 11.7. The Balaban J connectivity index is 1.97. The molecule has 6 nitrogen and oxygen atoms in total. The van der Waals surface area contributed by atoms with Crippen LogP contribution in [0.25, 0.3) is 0 Å². The maximum absolute atomic E-state index is 12.9. The fourth-order valence-corrected chi connectivity index (χ4v) is 2.45. The van der Waals surface area contributed by atoms with Crippen molar-refractivity contribution in [2.75, 3.05) is 13.1 Å². The van der Waals surface area contributed by atoms with Gasteiger partial charge in [0.25, 0.3) is 0 Å². The van der Waals surface area contributed by atoms with E-state index in [1.54, 1.807) is 12.1 Å². The molecule has 0 aliphatic carbocycles. The lowest BCUT2D eigenvalue weighted by atomic mass is 9.96. The monoisotopic (exact) mass is 351 g/mol.